The van der Waals surface area contributed by atoms with E-state index in [0.29, 0.717) is 30.0 Å². The van der Waals surface area contributed by atoms with Crippen molar-refractivity contribution in [2.24, 2.45) is 11.5 Å². The molecule has 17 heteroatoms. The standard InChI is InChI=1S/C26H41N7O10/c27-10-4-5-11-29-23(38)18(9-6-12-33(43)15-35)30-24(39)19(14-34)31-25(40)20(21(36)26(41)42)32-22(37)17(28)13-16-7-2-1-3-8-16/h1-3,7-8,15,17-21,34,36,43H,4-6,9-14,27-28H2,(H,29,38)(H,30,39)(H,31,40)(H,32,37)(H,41,42)/t17-,18-,19-,20+,21+/m0/s1. The van der Waals surface area contributed by atoms with Crippen LogP contribution >= 0.6 is 0 Å². The number of aliphatic hydroxyl groups excluding tert-OH is 2. The van der Waals surface area contributed by atoms with Gasteiger partial charge in [-0.25, -0.2) is 9.86 Å². The Morgan fingerprint density at radius 3 is 2.14 bits per heavy atom. The van der Waals surface area contributed by atoms with Gasteiger partial charge in [-0.15, -0.1) is 0 Å². The first-order valence-corrected chi connectivity index (χ1v) is 13.6. The second kappa shape index (κ2) is 19.9. The van der Waals surface area contributed by atoms with E-state index in [1.54, 1.807) is 30.3 Å². The number of nitrogens with zero attached hydrogens (tertiary/aromatic N) is 1. The minimum Gasteiger partial charge on any atom is -0.479 e. The first-order valence-electron chi connectivity index (χ1n) is 13.6. The maximum Gasteiger partial charge on any atom is 0.335 e. The molecule has 0 saturated carbocycles. The van der Waals surface area contributed by atoms with Gasteiger partial charge in [0, 0.05) is 13.1 Å². The average molecular weight is 612 g/mol. The summed E-state index contributed by atoms with van der Waals surface area (Å²) in [5.74, 6) is -5.82. The van der Waals surface area contributed by atoms with Crippen molar-refractivity contribution >= 4 is 36.0 Å². The van der Waals surface area contributed by atoms with Crippen LogP contribution in [-0.4, -0.2) is 118 Å². The van der Waals surface area contributed by atoms with Gasteiger partial charge in [-0.3, -0.25) is 29.2 Å². The first-order chi connectivity index (χ1) is 20.4. The molecule has 5 atom stereocenters. The zero-order valence-corrected chi connectivity index (χ0v) is 23.6. The number of amides is 5. The van der Waals surface area contributed by atoms with Gasteiger partial charge in [0.1, 0.15) is 18.1 Å². The summed E-state index contributed by atoms with van der Waals surface area (Å²) < 4.78 is 0. The molecule has 43 heavy (non-hydrogen) atoms. The lowest BCUT2D eigenvalue weighted by Crippen LogP contribution is -2.62. The summed E-state index contributed by atoms with van der Waals surface area (Å²) in [5.41, 5.74) is 12.0. The number of hydroxylamine groups is 2. The number of unbranched alkanes of at least 4 members (excludes halogenated alkanes) is 1. The molecule has 0 fully saturated rings. The molecular weight excluding hydrogens is 570 g/mol. The zero-order chi connectivity index (χ0) is 32.4. The number of nitrogens with two attached hydrogens (primary N) is 2. The molecule has 0 bridgehead atoms. The van der Waals surface area contributed by atoms with E-state index in [2.05, 4.69) is 21.3 Å². The third-order valence-corrected chi connectivity index (χ3v) is 6.16. The van der Waals surface area contributed by atoms with E-state index in [1.165, 1.54) is 0 Å². The number of aliphatic hydroxyl groups is 2. The molecule has 0 radical (unpaired) electrons. The van der Waals surface area contributed by atoms with Crippen LogP contribution in [0.2, 0.25) is 0 Å². The highest BCUT2D eigenvalue weighted by Crippen LogP contribution is 2.05. The van der Waals surface area contributed by atoms with Crippen molar-refractivity contribution in [3.8, 4) is 0 Å². The van der Waals surface area contributed by atoms with E-state index in [-0.39, 0.29) is 38.8 Å². The minimum atomic E-state index is -2.44. The molecule has 0 spiro atoms. The van der Waals surface area contributed by atoms with Crippen LogP contribution < -0.4 is 32.7 Å². The quantitative estimate of drug-likeness (QED) is 0.0275. The molecule has 1 aromatic carbocycles. The number of benzene rings is 1. The van der Waals surface area contributed by atoms with Crippen molar-refractivity contribution in [2.75, 3.05) is 26.2 Å². The lowest BCUT2D eigenvalue weighted by molar-refractivity contribution is -0.152. The summed E-state index contributed by atoms with van der Waals surface area (Å²) in [6.45, 7) is -0.514. The number of hydrogen-bond acceptors (Lipinski definition) is 11. The fourth-order valence-corrected chi connectivity index (χ4v) is 3.76. The number of rotatable bonds is 21. The number of carboxylic acid groups (broad SMARTS) is 1. The minimum absolute atomic E-state index is 0.0302. The monoisotopic (exact) mass is 611 g/mol. The highest BCUT2D eigenvalue weighted by Gasteiger charge is 2.37. The molecule has 0 saturated heterocycles. The Kier molecular flexibility index (Phi) is 17.0. The second-order valence-electron chi connectivity index (χ2n) is 9.57. The van der Waals surface area contributed by atoms with E-state index in [4.69, 9.17) is 11.5 Å². The van der Waals surface area contributed by atoms with Crippen LogP contribution in [0.4, 0.5) is 0 Å². The Balaban J connectivity index is 2.97. The topological polar surface area (TPSA) is 287 Å². The van der Waals surface area contributed by atoms with Gasteiger partial charge in [0.05, 0.1) is 12.6 Å². The maximum absolute atomic E-state index is 12.9. The van der Waals surface area contributed by atoms with Crippen molar-refractivity contribution in [3.63, 3.8) is 0 Å². The molecule has 12 N–H and O–H groups in total. The normalized spacial score (nSPS) is 14.3. The Labute approximate surface area is 247 Å². The van der Waals surface area contributed by atoms with Crippen molar-refractivity contribution in [3.05, 3.63) is 35.9 Å². The van der Waals surface area contributed by atoms with E-state index in [9.17, 15) is 49.3 Å². The van der Waals surface area contributed by atoms with Gasteiger partial charge in [0.25, 0.3) is 0 Å². The molecule has 0 aromatic heterocycles. The predicted octanol–water partition coefficient (Wildman–Crippen LogP) is -4.07. The van der Waals surface area contributed by atoms with Crippen LogP contribution in [0.1, 0.15) is 31.2 Å². The van der Waals surface area contributed by atoms with E-state index < -0.39 is 66.5 Å². The number of carboxylic acids is 1. The van der Waals surface area contributed by atoms with E-state index in [0.717, 1.165) is 0 Å². The molecule has 0 unspecified atom stereocenters. The summed E-state index contributed by atoms with van der Waals surface area (Å²) in [5, 5.41) is 47.9. The van der Waals surface area contributed by atoms with Crippen molar-refractivity contribution < 1.29 is 49.3 Å². The van der Waals surface area contributed by atoms with Gasteiger partial charge in [-0.05, 0) is 44.2 Å². The predicted molar refractivity (Wildman–Crippen MR) is 150 cm³/mol. The lowest BCUT2D eigenvalue weighted by Gasteiger charge is -2.26. The third-order valence-electron chi connectivity index (χ3n) is 6.16. The highest BCUT2D eigenvalue weighted by molar-refractivity contribution is 5.97. The first kappa shape index (κ1) is 36.9. The summed E-state index contributed by atoms with van der Waals surface area (Å²) in [7, 11) is 0. The van der Waals surface area contributed by atoms with Crippen LogP contribution in [0.3, 0.4) is 0 Å². The van der Waals surface area contributed by atoms with Crippen molar-refractivity contribution in [2.45, 2.75) is 62.4 Å². The fraction of sp³-hybridized carbons (Fsp3) is 0.538. The fourth-order valence-electron chi connectivity index (χ4n) is 3.76. The largest absolute Gasteiger partial charge is 0.479 e. The van der Waals surface area contributed by atoms with E-state index >= 15 is 0 Å². The van der Waals surface area contributed by atoms with Gasteiger partial charge in [-0.1, -0.05) is 30.3 Å². The Hall–Kier alpha value is -4.16. The number of carbonyl (C=O) groups excluding carboxylic acids is 5. The summed E-state index contributed by atoms with van der Waals surface area (Å²) in [6, 6.07) is 2.30. The maximum atomic E-state index is 12.9. The molecule has 1 aromatic rings. The number of aliphatic carboxylic acids is 1. The molecule has 0 aliphatic carbocycles. The summed E-state index contributed by atoms with van der Waals surface area (Å²) in [4.78, 5) is 73.3. The SMILES string of the molecule is NCCCCNC(=O)[C@H](CCCN(O)C=O)NC(=O)[C@H](CO)NC(=O)[C@H](NC(=O)[C@@H](N)Cc1ccccc1)[C@@H](O)C(=O)O. The van der Waals surface area contributed by atoms with Crippen LogP contribution in [-0.2, 0) is 35.2 Å². The van der Waals surface area contributed by atoms with Crippen LogP contribution in [0.5, 0.6) is 0 Å². The zero-order valence-electron chi connectivity index (χ0n) is 23.6. The molecular formula is C26H41N7O10. The number of nitrogens with one attached hydrogen (secondary N) is 4. The average Bonchev–Trinajstić information content (AvgIpc) is 2.99. The molecule has 5 amide bonds. The van der Waals surface area contributed by atoms with Gasteiger partial charge in [0.2, 0.25) is 30.0 Å². The molecule has 240 valence electrons. The lowest BCUT2D eigenvalue weighted by atomic mass is 10.0. The van der Waals surface area contributed by atoms with Crippen LogP contribution in [0.25, 0.3) is 0 Å². The van der Waals surface area contributed by atoms with Crippen molar-refractivity contribution in [1.82, 2.24) is 26.3 Å². The van der Waals surface area contributed by atoms with Gasteiger partial charge < -0.3 is 48.1 Å². The number of carbonyl (C=O) groups is 6. The van der Waals surface area contributed by atoms with Crippen LogP contribution in [0, 0.1) is 0 Å². The van der Waals surface area contributed by atoms with E-state index in [1.807, 2.05) is 0 Å². The highest BCUT2D eigenvalue weighted by atomic mass is 16.5. The molecule has 0 aliphatic rings. The van der Waals surface area contributed by atoms with Crippen molar-refractivity contribution in [1.29, 1.82) is 0 Å². The Morgan fingerprint density at radius 1 is 0.907 bits per heavy atom. The molecule has 0 aliphatic heterocycles. The molecule has 17 nitrogen and oxygen atoms in total. The molecule has 1 rings (SSSR count). The summed E-state index contributed by atoms with van der Waals surface area (Å²) >= 11 is 0. The Morgan fingerprint density at radius 2 is 1.56 bits per heavy atom. The molecule has 0 heterocycles. The van der Waals surface area contributed by atoms with Gasteiger partial charge in [0.15, 0.2) is 6.10 Å². The smallest absolute Gasteiger partial charge is 0.335 e. The third kappa shape index (κ3) is 13.6. The van der Waals surface area contributed by atoms with Gasteiger partial charge >= 0.3 is 5.97 Å². The second-order valence-corrected chi connectivity index (χ2v) is 9.57. The van der Waals surface area contributed by atoms with Gasteiger partial charge in [-0.2, -0.15) is 0 Å². The number of hydrogen-bond donors (Lipinski definition) is 10. The van der Waals surface area contributed by atoms with Crippen LogP contribution in [0.15, 0.2) is 30.3 Å². The Bertz CT molecular complexity index is 1060. The summed E-state index contributed by atoms with van der Waals surface area (Å²) in [6.07, 6.45) is -1.04.